The summed E-state index contributed by atoms with van der Waals surface area (Å²) in [5.74, 6) is 0.0473. The van der Waals surface area contributed by atoms with Crippen LogP contribution in [0, 0.1) is 11.3 Å². The topological polar surface area (TPSA) is 78.5 Å². The predicted octanol–water partition coefficient (Wildman–Crippen LogP) is 3.75. The maximum Gasteiger partial charge on any atom is 0.325 e. The van der Waals surface area contributed by atoms with Gasteiger partial charge in [-0.05, 0) is 55.4 Å². The van der Waals surface area contributed by atoms with E-state index in [2.05, 4.69) is 43.5 Å². The molecule has 1 aromatic rings. The highest BCUT2D eigenvalue weighted by Gasteiger charge is 2.54. The number of nitrogens with one attached hydrogen (secondary N) is 2. The van der Waals surface area contributed by atoms with Gasteiger partial charge in [0.1, 0.15) is 12.1 Å². The molecule has 0 aromatic heterocycles. The summed E-state index contributed by atoms with van der Waals surface area (Å²) in [6.45, 7) is 7.10. The van der Waals surface area contributed by atoms with Crippen LogP contribution in [-0.2, 0) is 15.0 Å². The van der Waals surface area contributed by atoms with Crippen molar-refractivity contribution in [1.82, 2.24) is 15.5 Å². The highest BCUT2D eigenvalue weighted by molar-refractivity contribution is 6.09. The van der Waals surface area contributed by atoms with Crippen molar-refractivity contribution in [2.45, 2.75) is 76.7 Å². The third-order valence-electron chi connectivity index (χ3n) is 8.27. The van der Waals surface area contributed by atoms with E-state index in [0.717, 1.165) is 37.0 Å². The molecule has 2 saturated carbocycles. The number of carbonyl (C=O) groups is 3. The summed E-state index contributed by atoms with van der Waals surface area (Å²) in [6, 6.07) is 9.77. The second kappa shape index (κ2) is 7.95. The van der Waals surface area contributed by atoms with Crippen molar-refractivity contribution in [3.05, 3.63) is 35.9 Å². The van der Waals surface area contributed by atoms with E-state index in [0.29, 0.717) is 25.3 Å². The van der Waals surface area contributed by atoms with Crippen LogP contribution in [0.4, 0.5) is 4.79 Å². The minimum atomic E-state index is -0.820. The van der Waals surface area contributed by atoms with Gasteiger partial charge in [0, 0.05) is 12.0 Å². The van der Waals surface area contributed by atoms with Crippen LogP contribution in [0.3, 0.4) is 0 Å². The molecule has 2 aliphatic carbocycles. The number of urea groups is 1. The molecule has 1 spiro atoms. The van der Waals surface area contributed by atoms with Gasteiger partial charge in [-0.15, -0.1) is 0 Å². The second-order valence-electron chi connectivity index (χ2n) is 10.4. The number of rotatable bonds is 7. The Bertz CT molecular complexity index is 852. The molecule has 3 aliphatic rings. The molecule has 6 heteroatoms. The third kappa shape index (κ3) is 4.09. The van der Waals surface area contributed by atoms with Crippen molar-refractivity contribution in [2.75, 3.05) is 13.1 Å². The van der Waals surface area contributed by atoms with Crippen molar-refractivity contribution in [2.24, 2.45) is 11.3 Å². The lowest BCUT2D eigenvalue weighted by atomic mass is 9.65. The fraction of sp³-hybridized carbons (Fsp3) is 0.640. The van der Waals surface area contributed by atoms with Crippen LogP contribution in [0.5, 0.6) is 0 Å². The van der Waals surface area contributed by atoms with Crippen molar-refractivity contribution < 1.29 is 14.4 Å². The van der Waals surface area contributed by atoms with Gasteiger partial charge in [0.25, 0.3) is 5.91 Å². The number of hydrogen-bond donors (Lipinski definition) is 2. The lowest BCUT2D eigenvalue weighted by Gasteiger charge is -2.42. The van der Waals surface area contributed by atoms with Gasteiger partial charge in [-0.1, -0.05) is 57.5 Å². The maximum atomic E-state index is 13.2. The van der Waals surface area contributed by atoms with Gasteiger partial charge in [-0.25, -0.2) is 4.79 Å². The number of amides is 4. The average Bonchev–Trinajstić information content (AvgIpc) is 3.54. The minimum Gasteiger partial charge on any atom is -0.354 e. The number of benzene rings is 1. The molecule has 3 fully saturated rings. The Hall–Kier alpha value is -2.37. The Morgan fingerprint density at radius 3 is 2.35 bits per heavy atom. The second-order valence-corrected chi connectivity index (χ2v) is 10.4. The first-order valence-corrected chi connectivity index (χ1v) is 11.7. The molecule has 0 bridgehead atoms. The molecule has 0 radical (unpaired) electrons. The molecule has 168 valence electrons. The van der Waals surface area contributed by atoms with Crippen LogP contribution >= 0.6 is 0 Å². The van der Waals surface area contributed by atoms with Gasteiger partial charge in [-0.2, -0.15) is 0 Å². The molecule has 31 heavy (non-hydrogen) atoms. The van der Waals surface area contributed by atoms with E-state index in [1.807, 2.05) is 18.2 Å². The summed E-state index contributed by atoms with van der Waals surface area (Å²) in [5, 5.41) is 5.90. The highest BCUT2D eigenvalue weighted by Crippen LogP contribution is 2.47. The SMILES string of the molecule is CCC(C)(C)C1CCC2(CC1)NC(=O)N(CC(=O)NCC1(c3ccccc3)CC1)C2=O. The molecule has 1 saturated heterocycles. The monoisotopic (exact) mass is 425 g/mol. The number of hydrogen-bond acceptors (Lipinski definition) is 3. The summed E-state index contributed by atoms with van der Waals surface area (Å²) < 4.78 is 0. The quantitative estimate of drug-likeness (QED) is 0.653. The zero-order valence-electron chi connectivity index (χ0n) is 19.0. The van der Waals surface area contributed by atoms with E-state index in [1.54, 1.807) is 0 Å². The molecular formula is C25H35N3O3. The largest absolute Gasteiger partial charge is 0.354 e. The summed E-state index contributed by atoms with van der Waals surface area (Å²) in [4.78, 5) is 39.4. The minimum absolute atomic E-state index is 0.000116. The standard InChI is InChI=1S/C25H35N3O3/c1-4-23(2,3)18-10-12-25(13-11-18)21(30)28(22(31)27-25)16-20(29)26-17-24(14-15-24)19-8-6-5-7-9-19/h5-9,18H,4,10-17H2,1-3H3,(H,26,29)(H,27,31). The summed E-state index contributed by atoms with van der Waals surface area (Å²) >= 11 is 0. The van der Waals surface area contributed by atoms with Crippen LogP contribution in [0.15, 0.2) is 30.3 Å². The van der Waals surface area contributed by atoms with Gasteiger partial charge in [0.15, 0.2) is 0 Å². The zero-order chi connectivity index (χ0) is 22.3. The smallest absolute Gasteiger partial charge is 0.325 e. The molecule has 0 atom stereocenters. The van der Waals surface area contributed by atoms with E-state index in [-0.39, 0.29) is 29.2 Å². The molecule has 4 amide bonds. The summed E-state index contributed by atoms with van der Waals surface area (Å²) in [6.07, 6.45) is 6.33. The van der Waals surface area contributed by atoms with Crippen molar-refractivity contribution in [3.8, 4) is 0 Å². The van der Waals surface area contributed by atoms with Crippen molar-refractivity contribution in [1.29, 1.82) is 0 Å². The Morgan fingerprint density at radius 2 is 1.77 bits per heavy atom. The number of carbonyl (C=O) groups excluding carboxylic acids is 3. The van der Waals surface area contributed by atoms with Crippen LogP contribution in [0.1, 0.15) is 71.3 Å². The molecular weight excluding hydrogens is 390 g/mol. The van der Waals surface area contributed by atoms with E-state index >= 15 is 0 Å². The van der Waals surface area contributed by atoms with E-state index in [9.17, 15) is 14.4 Å². The van der Waals surface area contributed by atoms with E-state index < -0.39 is 11.6 Å². The fourth-order valence-electron chi connectivity index (χ4n) is 5.32. The first-order valence-electron chi connectivity index (χ1n) is 11.7. The molecule has 6 nitrogen and oxygen atoms in total. The normalized spacial score (nSPS) is 27.3. The maximum absolute atomic E-state index is 13.2. The average molecular weight is 426 g/mol. The van der Waals surface area contributed by atoms with Crippen LogP contribution < -0.4 is 10.6 Å². The number of imide groups is 1. The first-order chi connectivity index (χ1) is 14.7. The molecule has 1 aliphatic heterocycles. The third-order valence-corrected chi connectivity index (χ3v) is 8.27. The van der Waals surface area contributed by atoms with Gasteiger partial charge >= 0.3 is 6.03 Å². The number of nitrogens with zero attached hydrogens (tertiary/aromatic N) is 1. The Morgan fingerprint density at radius 1 is 1.13 bits per heavy atom. The fourth-order valence-corrected chi connectivity index (χ4v) is 5.32. The van der Waals surface area contributed by atoms with E-state index in [4.69, 9.17) is 0 Å². The van der Waals surface area contributed by atoms with Gasteiger partial charge in [0.05, 0.1) is 0 Å². The molecule has 4 rings (SSSR count). The van der Waals surface area contributed by atoms with Gasteiger partial charge in [0.2, 0.25) is 5.91 Å². The molecule has 2 N–H and O–H groups in total. The Labute approximate surface area is 185 Å². The first kappa shape index (κ1) is 21.8. The van der Waals surface area contributed by atoms with Crippen molar-refractivity contribution >= 4 is 17.8 Å². The van der Waals surface area contributed by atoms with Gasteiger partial charge < -0.3 is 10.6 Å². The summed E-state index contributed by atoms with van der Waals surface area (Å²) in [7, 11) is 0. The van der Waals surface area contributed by atoms with Crippen LogP contribution in [-0.4, -0.2) is 41.4 Å². The van der Waals surface area contributed by atoms with Crippen LogP contribution in [0.25, 0.3) is 0 Å². The Kier molecular flexibility index (Phi) is 5.61. The highest BCUT2D eigenvalue weighted by atomic mass is 16.2. The molecule has 1 aromatic carbocycles. The zero-order valence-corrected chi connectivity index (χ0v) is 19.0. The van der Waals surface area contributed by atoms with Crippen LogP contribution in [0.2, 0.25) is 0 Å². The Balaban J connectivity index is 1.33. The lowest BCUT2D eigenvalue weighted by molar-refractivity contribution is -0.136. The summed E-state index contributed by atoms with van der Waals surface area (Å²) in [5.41, 5.74) is 0.653. The predicted molar refractivity (Wildman–Crippen MR) is 119 cm³/mol. The van der Waals surface area contributed by atoms with E-state index in [1.165, 1.54) is 5.56 Å². The lowest BCUT2D eigenvalue weighted by Crippen LogP contribution is -2.51. The van der Waals surface area contributed by atoms with Gasteiger partial charge in [-0.3, -0.25) is 14.5 Å². The molecule has 1 heterocycles. The van der Waals surface area contributed by atoms with Crippen molar-refractivity contribution in [3.63, 3.8) is 0 Å². The molecule has 0 unspecified atom stereocenters.